The standard InChI is InChI=1S/C21H24N4O4/c1-12(2)25-19-16(10-22-25)15(20(26)24-18(11-29-4)21(27)28)9-17(23-19)14-7-5-13(3)6-8-14/h5-10,12,18H,11H2,1-4H3,(H,24,26)(H,27,28). The van der Waals surface area contributed by atoms with Crippen LogP contribution in [0.15, 0.2) is 36.5 Å². The number of benzene rings is 1. The number of aromatic nitrogens is 3. The Morgan fingerprint density at radius 3 is 2.52 bits per heavy atom. The summed E-state index contributed by atoms with van der Waals surface area (Å²) in [4.78, 5) is 29.1. The molecule has 2 heterocycles. The lowest BCUT2D eigenvalue weighted by molar-refractivity contribution is -0.140. The van der Waals surface area contributed by atoms with Crippen LogP contribution in [0, 0.1) is 6.92 Å². The second kappa shape index (κ2) is 8.40. The predicted octanol–water partition coefficient (Wildman–Crippen LogP) is 2.82. The molecule has 152 valence electrons. The lowest BCUT2D eigenvalue weighted by atomic mass is 10.0. The summed E-state index contributed by atoms with van der Waals surface area (Å²) in [5, 5.41) is 16.8. The summed E-state index contributed by atoms with van der Waals surface area (Å²) in [5.74, 6) is -1.68. The van der Waals surface area contributed by atoms with Crippen LogP contribution in [0.4, 0.5) is 0 Å². The highest BCUT2D eigenvalue weighted by Crippen LogP contribution is 2.26. The lowest BCUT2D eigenvalue weighted by Gasteiger charge is -2.15. The van der Waals surface area contributed by atoms with Crippen molar-refractivity contribution in [3.8, 4) is 11.3 Å². The highest BCUT2D eigenvalue weighted by atomic mass is 16.5. The number of aliphatic carboxylic acids is 1. The number of hydrogen-bond acceptors (Lipinski definition) is 5. The Bertz CT molecular complexity index is 1040. The van der Waals surface area contributed by atoms with Gasteiger partial charge in [0, 0.05) is 18.7 Å². The van der Waals surface area contributed by atoms with Crippen LogP contribution in [0.3, 0.4) is 0 Å². The molecule has 0 fully saturated rings. The zero-order valence-electron chi connectivity index (χ0n) is 16.8. The predicted molar refractivity (Wildman–Crippen MR) is 109 cm³/mol. The molecule has 0 aliphatic carbocycles. The van der Waals surface area contributed by atoms with Gasteiger partial charge in [-0.25, -0.2) is 14.5 Å². The van der Waals surface area contributed by atoms with Crippen LogP contribution < -0.4 is 5.32 Å². The van der Waals surface area contributed by atoms with E-state index in [1.807, 2.05) is 45.0 Å². The first-order valence-corrected chi connectivity index (χ1v) is 9.29. The zero-order valence-corrected chi connectivity index (χ0v) is 16.8. The summed E-state index contributed by atoms with van der Waals surface area (Å²) in [6, 6.07) is 8.38. The van der Waals surface area contributed by atoms with Gasteiger partial charge in [0.1, 0.15) is 0 Å². The number of pyridine rings is 1. The average molecular weight is 396 g/mol. The van der Waals surface area contributed by atoms with Gasteiger partial charge in [-0.2, -0.15) is 5.10 Å². The van der Waals surface area contributed by atoms with Gasteiger partial charge in [0.2, 0.25) is 0 Å². The molecule has 1 amide bonds. The molecule has 2 aromatic heterocycles. The van der Waals surface area contributed by atoms with Gasteiger partial charge in [0.05, 0.1) is 29.4 Å². The van der Waals surface area contributed by atoms with E-state index in [1.165, 1.54) is 7.11 Å². The Hall–Kier alpha value is -3.26. The molecule has 0 radical (unpaired) electrons. The Kier molecular flexibility index (Phi) is 5.93. The number of ether oxygens (including phenoxy) is 1. The molecule has 3 rings (SSSR count). The summed E-state index contributed by atoms with van der Waals surface area (Å²) < 4.78 is 6.65. The van der Waals surface area contributed by atoms with E-state index in [1.54, 1.807) is 16.9 Å². The van der Waals surface area contributed by atoms with Crippen LogP contribution in [-0.4, -0.2) is 51.5 Å². The van der Waals surface area contributed by atoms with Crippen molar-refractivity contribution < 1.29 is 19.4 Å². The lowest BCUT2D eigenvalue weighted by Crippen LogP contribution is -2.43. The second-order valence-electron chi connectivity index (χ2n) is 7.16. The van der Waals surface area contributed by atoms with Gasteiger partial charge in [-0.1, -0.05) is 29.8 Å². The van der Waals surface area contributed by atoms with Gasteiger partial charge in [-0.15, -0.1) is 0 Å². The van der Waals surface area contributed by atoms with Crippen molar-refractivity contribution in [1.82, 2.24) is 20.1 Å². The van der Waals surface area contributed by atoms with Gasteiger partial charge in [-0.3, -0.25) is 4.79 Å². The number of rotatable bonds is 7. The normalized spacial score (nSPS) is 12.3. The summed E-state index contributed by atoms with van der Waals surface area (Å²) >= 11 is 0. The minimum Gasteiger partial charge on any atom is -0.480 e. The molecule has 8 nitrogen and oxygen atoms in total. The minimum atomic E-state index is -1.16. The van der Waals surface area contributed by atoms with E-state index >= 15 is 0 Å². The maximum absolute atomic E-state index is 13.0. The number of carboxylic acids is 1. The van der Waals surface area contributed by atoms with Crippen molar-refractivity contribution >= 4 is 22.9 Å². The van der Waals surface area contributed by atoms with Crippen LogP contribution >= 0.6 is 0 Å². The smallest absolute Gasteiger partial charge is 0.328 e. The van der Waals surface area contributed by atoms with Crippen molar-refractivity contribution in [3.05, 3.63) is 47.7 Å². The summed E-state index contributed by atoms with van der Waals surface area (Å²) in [6.07, 6.45) is 1.59. The third-order valence-corrected chi connectivity index (χ3v) is 4.58. The van der Waals surface area contributed by atoms with Crippen molar-refractivity contribution in [3.63, 3.8) is 0 Å². The molecule has 0 spiro atoms. The number of fused-ring (bicyclic) bond motifs is 1. The highest BCUT2D eigenvalue weighted by molar-refractivity contribution is 6.07. The molecule has 1 atom stereocenters. The number of hydrogen-bond donors (Lipinski definition) is 2. The van der Waals surface area contributed by atoms with Gasteiger partial charge >= 0.3 is 5.97 Å². The molecule has 0 aliphatic rings. The maximum Gasteiger partial charge on any atom is 0.328 e. The second-order valence-corrected chi connectivity index (χ2v) is 7.16. The highest BCUT2D eigenvalue weighted by Gasteiger charge is 2.24. The Morgan fingerprint density at radius 2 is 1.93 bits per heavy atom. The van der Waals surface area contributed by atoms with E-state index in [0.717, 1.165) is 11.1 Å². The fraction of sp³-hybridized carbons (Fsp3) is 0.333. The number of amides is 1. The van der Waals surface area contributed by atoms with Crippen LogP contribution in [-0.2, 0) is 9.53 Å². The molecule has 0 aliphatic heterocycles. The number of carboxylic acid groups (broad SMARTS) is 1. The SMILES string of the molecule is COCC(NC(=O)c1cc(-c2ccc(C)cc2)nc2c1cnn2C(C)C)C(=O)O. The van der Waals surface area contributed by atoms with Crippen LogP contribution in [0.5, 0.6) is 0 Å². The monoisotopic (exact) mass is 396 g/mol. The number of carbonyl (C=O) groups is 2. The summed E-state index contributed by atoms with van der Waals surface area (Å²) in [5.41, 5.74) is 3.48. The molecule has 2 N–H and O–H groups in total. The van der Waals surface area contributed by atoms with Crippen molar-refractivity contribution in [2.75, 3.05) is 13.7 Å². The Balaban J connectivity index is 2.13. The maximum atomic E-state index is 13.0. The van der Waals surface area contributed by atoms with E-state index < -0.39 is 17.9 Å². The van der Waals surface area contributed by atoms with E-state index in [9.17, 15) is 14.7 Å². The zero-order chi connectivity index (χ0) is 21.1. The molecule has 0 bridgehead atoms. The third-order valence-electron chi connectivity index (χ3n) is 4.58. The molecule has 1 aromatic carbocycles. The number of carbonyl (C=O) groups excluding carboxylic acids is 1. The Labute approximate surface area is 168 Å². The van der Waals surface area contributed by atoms with E-state index in [-0.39, 0.29) is 12.6 Å². The van der Waals surface area contributed by atoms with Gasteiger partial charge < -0.3 is 15.2 Å². The van der Waals surface area contributed by atoms with E-state index in [4.69, 9.17) is 9.72 Å². The molecule has 29 heavy (non-hydrogen) atoms. The number of nitrogens with zero attached hydrogens (tertiary/aromatic N) is 3. The summed E-state index contributed by atoms with van der Waals surface area (Å²) in [7, 11) is 1.38. The quantitative estimate of drug-likeness (QED) is 0.636. The molecule has 0 saturated carbocycles. The first-order valence-electron chi connectivity index (χ1n) is 9.29. The van der Waals surface area contributed by atoms with Crippen LogP contribution in [0.2, 0.25) is 0 Å². The largest absolute Gasteiger partial charge is 0.480 e. The van der Waals surface area contributed by atoms with Crippen molar-refractivity contribution in [2.24, 2.45) is 0 Å². The molecular weight excluding hydrogens is 372 g/mol. The molecule has 0 saturated heterocycles. The number of methoxy groups -OCH3 is 1. The van der Waals surface area contributed by atoms with E-state index in [2.05, 4.69) is 10.4 Å². The molecule has 8 heteroatoms. The topological polar surface area (TPSA) is 106 Å². The number of aryl methyl sites for hydroxylation is 1. The van der Waals surface area contributed by atoms with Crippen molar-refractivity contribution in [1.29, 1.82) is 0 Å². The van der Waals surface area contributed by atoms with Crippen LogP contribution in [0.1, 0.15) is 35.8 Å². The molecule has 3 aromatic rings. The molecule has 1 unspecified atom stereocenters. The van der Waals surface area contributed by atoms with Gasteiger partial charge in [-0.05, 0) is 26.8 Å². The fourth-order valence-corrected chi connectivity index (χ4v) is 3.03. The number of nitrogens with one attached hydrogen (secondary N) is 1. The first kappa shape index (κ1) is 20.5. The van der Waals surface area contributed by atoms with Gasteiger partial charge in [0.15, 0.2) is 11.7 Å². The van der Waals surface area contributed by atoms with E-state index in [0.29, 0.717) is 22.3 Å². The fourth-order valence-electron chi connectivity index (χ4n) is 3.03. The third kappa shape index (κ3) is 4.27. The Morgan fingerprint density at radius 1 is 1.24 bits per heavy atom. The average Bonchev–Trinajstić information content (AvgIpc) is 3.11. The minimum absolute atomic E-state index is 0.0458. The van der Waals surface area contributed by atoms with Crippen molar-refractivity contribution in [2.45, 2.75) is 32.9 Å². The van der Waals surface area contributed by atoms with Crippen LogP contribution in [0.25, 0.3) is 22.3 Å². The summed E-state index contributed by atoms with van der Waals surface area (Å²) in [6.45, 7) is 5.82. The van der Waals surface area contributed by atoms with Gasteiger partial charge in [0.25, 0.3) is 5.91 Å². The molecular formula is C21H24N4O4. The first-order chi connectivity index (χ1) is 13.8.